The van der Waals surface area contributed by atoms with Crippen molar-refractivity contribution in [3.05, 3.63) is 264 Å². The maximum absolute atomic E-state index is 2.58. The maximum Gasteiger partial charge on any atom is 0.0561 e. The highest BCUT2D eigenvalue weighted by Crippen LogP contribution is 2.53. The summed E-state index contributed by atoms with van der Waals surface area (Å²) >= 11 is 0. The first-order valence-electron chi connectivity index (χ1n) is 26.0. The quantitative estimate of drug-likeness (QED) is 0.126. The minimum absolute atomic E-state index is 0.0282. The normalized spacial score (nSPS) is 11.7. The summed E-state index contributed by atoms with van der Waals surface area (Å²) in [6.45, 7) is 16.1. The molecule has 0 aliphatic carbocycles. The summed E-state index contributed by atoms with van der Waals surface area (Å²) in [7, 11) is 0. The Kier molecular flexibility index (Phi) is 11.7. The van der Waals surface area contributed by atoms with Crippen LogP contribution in [0.25, 0.3) is 76.8 Å². The van der Waals surface area contributed by atoms with Crippen LogP contribution in [0.4, 0.5) is 34.1 Å². The molecule has 0 spiro atoms. The van der Waals surface area contributed by atoms with Crippen LogP contribution in [-0.4, -0.2) is 0 Å². The van der Waals surface area contributed by atoms with Crippen LogP contribution < -0.4 is 9.80 Å². The molecular formula is C72H60N2. The molecule has 0 radical (unpaired) electrons. The molecule has 0 saturated carbocycles. The molecule has 0 bridgehead atoms. The third-order valence-electron chi connectivity index (χ3n) is 15.4. The Balaban J connectivity index is 1.25. The molecule has 12 aromatic rings. The van der Waals surface area contributed by atoms with E-state index in [0.717, 1.165) is 34.1 Å². The summed E-state index contributed by atoms with van der Waals surface area (Å²) in [6, 6.07) is 87.9. The number of benzene rings is 12. The fraction of sp³-hybridized carbons (Fsp3) is 0.111. The van der Waals surface area contributed by atoms with Crippen LogP contribution in [0.2, 0.25) is 0 Å². The van der Waals surface area contributed by atoms with Gasteiger partial charge in [-0.2, -0.15) is 0 Å². The Labute approximate surface area is 436 Å². The van der Waals surface area contributed by atoms with Crippen molar-refractivity contribution in [1.82, 2.24) is 0 Å². The molecule has 0 aliphatic heterocycles. The number of hydrogen-bond donors (Lipinski definition) is 0. The van der Waals surface area contributed by atoms with E-state index in [4.69, 9.17) is 0 Å². The molecule has 0 fully saturated rings. The average molecular weight is 953 g/mol. The lowest BCUT2D eigenvalue weighted by Gasteiger charge is -2.35. The molecule has 0 saturated heterocycles. The summed E-state index contributed by atoms with van der Waals surface area (Å²) in [5.74, 6) is 0. The van der Waals surface area contributed by atoms with Crippen LogP contribution in [0.15, 0.2) is 237 Å². The first-order valence-corrected chi connectivity index (χ1v) is 26.0. The zero-order valence-corrected chi connectivity index (χ0v) is 43.4. The lowest BCUT2D eigenvalue weighted by Crippen LogP contribution is -2.17. The Morgan fingerprint density at radius 2 is 0.676 bits per heavy atom. The monoisotopic (exact) mass is 952 g/mol. The zero-order chi connectivity index (χ0) is 50.7. The molecule has 74 heavy (non-hydrogen) atoms. The van der Waals surface area contributed by atoms with Crippen molar-refractivity contribution in [3.63, 3.8) is 0 Å². The second kappa shape index (κ2) is 18.7. The summed E-state index contributed by atoms with van der Waals surface area (Å²) in [4.78, 5) is 5.16. The summed E-state index contributed by atoms with van der Waals surface area (Å²) < 4.78 is 0. The van der Waals surface area contributed by atoms with Crippen molar-refractivity contribution in [3.8, 4) is 44.5 Å². The van der Waals surface area contributed by atoms with Gasteiger partial charge < -0.3 is 9.80 Å². The van der Waals surface area contributed by atoms with Crippen LogP contribution in [-0.2, 0) is 5.41 Å². The molecule has 0 heterocycles. The van der Waals surface area contributed by atoms with E-state index in [1.807, 2.05) is 0 Å². The third-order valence-corrected chi connectivity index (χ3v) is 15.4. The molecule has 0 aliphatic rings. The van der Waals surface area contributed by atoms with Crippen molar-refractivity contribution in [2.45, 2.75) is 53.9 Å². The lowest BCUT2D eigenvalue weighted by molar-refractivity contribution is 0.591. The van der Waals surface area contributed by atoms with Gasteiger partial charge in [0.15, 0.2) is 0 Å². The van der Waals surface area contributed by atoms with E-state index < -0.39 is 0 Å². The van der Waals surface area contributed by atoms with Gasteiger partial charge in [0.2, 0.25) is 0 Å². The van der Waals surface area contributed by atoms with Crippen LogP contribution in [0.1, 0.15) is 48.6 Å². The van der Waals surface area contributed by atoms with Gasteiger partial charge in [0.25, 0.3) is 0 Å². The van der Waals surface area contributed by atoms with Gasteiger partial charge >= 0.3 is 0 Å². The number of aryl methyl sites for hydroxylation is 2. The zero-order valence-electron chi connectivity index (χ0n) is 43.4. The molecule has 0 amide bonds. The number of anilines is 6. The summed E-state index contributed by atoms with van der Waals surface area (Å²) in [6.07, 6.45) is 0. The standard InChI is InChI=1S/C72H60N2/c1-47-34-36-55(51-22-12-8-13-23-51)44-66(47)73(64-32-20-30-60(49(64)3)53-26-16-10-17-27-53)68-46-69(63-41-39-58-43-59(72(5,6)7)42-57-38-40-62(68)71(63)70(57)58)74(65-33-21-31-61(50(65)4)54-28-18-11-19-29-54)67-45-56(37-35-48(67)2)52-24-14-9-15-25-52/h8-46H,1-7H3. The number of hydrogen-bond acceptors (Lipinski definition) is 2. The molecule has 0 aromatic heterocycles. The summed E-state index contributed by atoms with van der Waals surface area (Å²) in [5.41, 5.74) is 22.4. The van der Waals surface area contributed by atoms with E-state index in [1.54, 1.807) is 0 Å². The van der Waals surface area contributed by atoms with Gasteiger partial charge in [-0.15, -0.1) is 0 Å². The van der Waals surface area contributed by atoms with Crippen molar-refractivity contribution in [1.29, 1.82) is 0 Å². The molecule has 0 N–H and O–H groups in total. The highest BCUT2D eigenvalue weighted by Gasteiger charge is 2.29. The van der Waals surface area contributed by atoms with E-state index in [9.17, 15) is 0 Å². The number of rotatable bonds is 10. The molecule has 0 atom stereocenters. The maximum atomic E-state index is 2.58. The van der Waals surface area contributed by atoms with Crippen molar-refractivity contribution in [2.75, 3.05) is 9.80 Å². The van der Waals surface area contributed by atoms with Crippen LogP contribution >= 0.6 is 0 Å². The molecule has 12 aromatic carbocycles. The molecular weight excluding hydrogens is 893 g/mol. The molecule has 0 unspecified atom stereocenters. The van der Waals surface area contributed by atoms with E-state index in [-0.39, 0.29) is 5.41 Å². The van der Waals surface area contributed by atoms with Gasteiger partial charge in [0.1, 0.15) is 0 Å². The number of nitrogens with zero attached hydrogens (tertiary/aromatic N) is 2. The van der Waals surface area contributed by atoms with Crippen molar-refractivity contribution >= 4 is 66.4 Å². The topological polar surface area (TPSA) is 6.48 Å². The Bertz CT molecular complexity index is 3760. The predicted octanol–water partition coefficient (Wildman–Crippen LogP) is 20.7. The fourth-order valence-corrected chi connectivity index (χ4v) is 11.4. The minimum Gasteiger partial charge on any atom is -0.309 e. The smallest absolute Gasteiger partial charge is 0.0561 e. The lowest BCUT2D eigenvalue weighted by atomic mass is 9.83. The Hall–Kier alpha value is -8.72. The third kappa shape index (κ3) is 8.17. The predicted molar refractivity (Wildman–Crippen MR) is 319 cm³/mol. The summed E-state index contributed by atoms with van der Waals surface area (Å²) in [5, 5.41) is 7.43. The van der Waals surface area contributed by atoms with E-state index >= 15 is 0 Å². The Morgan fingerprint density at radius 3 is 1.07 bits per heavy atom. The van der Waals surface area contributed by atoms with Gasteiger partial charge in [-0.1, -0.05) is 227 Å². The molecule has 2 nitrogen and oxygen atoms in total. The Morgan fingerprint density at radius 1 is 0.284 bits per heavy atom. The highest BCUT2D eigenvalue weighted by molar-refractivity contribution is 6.29. The van der Waals surface area contributed by atoms with Gasteiger partial charge in [0, 0.05) is 38.9 Å². The van der Waals surface area contributed by atoms with Crippen LogP contribution in [0, 0.1) is 27.7 Å². The molecule has 12 rings (SSSR count). The first kappa shape index (κ1) is 46.4. The van der Waals surface area contributed by atoms with Crippen LogP contribution in [0.5, 0.6) is 0 Å². The van der Waals surface area contributed by atoms with Gasteiger partial charge in [-0.05, 0) is 152 Å². The largest absolute Gasteiger partial charge is 0.309 e. The average Bonchev–Trinajstić information content (AvgIpc) is 3.43. The van der Waals surface area contributed by atoms with Crippen LogP contribution in [0.3, 0.4) is 0 Å². The van der Waals surface area contributed by atoms with Crippen molar-refractivity contribution < 1.29 is 0 Å². The fourth-order valence-electron chi connectivity index (χ4n) is 11.4. The second-order valence-corrected chi connectivity index (χ2v) is 21.1. The molecule has 2 heteroatoms. The second-order valence-electron chi connectivity index (χ2n) is 21.1. The van der Waals surface area contributed by atoms with E-state index in [0.29, 0.717) is 0 Å². The van der Waals surface area contributed by atoms with E-state index in [2.05, 4.69) is 295 Å². The SMILES string of the molecule is Cc1ccc(-c2ccccc2)cc1N(c1cccc(-c2ccccc2)c1C)c1cc(N(c2cc(-c3ccccc3)ccc2C)c2cccc(-c3ccccc3)c2C)c2ccc3cc(C(C)(C)C)cc4ccc1c2c43. The molecule has 358 valence electrons. The van der Waals surface area contributed by atoms with Gasteiger partial charge in [-0.3, -0.25) is 0 Å². The minimum atomic E-state index is -0.0282. The first-order chi connectivity index (χ1) is 36.0. The van der Waals surface area contributed by atoms with Gasteiger partial charge in [-0.25, -0.2) is 0 Å². The van der Waals surface area contributed by atoms with E-state index in [1.165, 1.54) is 105 Å². The highest BCUT2D eigenvalue weighted by atomic mass is 15.2. The van der Waals surface area contributed by atoms with Crippen molar-refractivity contribution in [2.24, 2.45) is 0 Å². The van der Waals surface area contributed by atoms with Gasteiger partial charge in [0.05, 0.1) is 11.4 Å².